The summed E-state index contributed by atoms with van der Waals surface area (Å²) in [4.78, 5) is 5.48. The van der Waals surface area contributed by atoms with E-state index in [9.17, 15) is 0 Å². The van der Waals surface area contributed by atoms with Crippen LogP contribution in [0, 0.1) is 6.92 Å². The molecule has 0 radical (unpaired) electrons. The van der Waals surface area contributed by atoms with Crippen LogP contribution in [0.25, 0.3) is 16.2 Å². The average molecular weight is 259 g/mol. The first kappa shape index (κ1) is 11.2. The molecule has 0 bridgehead atoms. The molecule has 0 saturated heterocycles. The highest BCUT2D eigenvalue weighted by atomic mass is 32.1. The van der Waals surface area contributed by atoms with E-state index in [0.717, 1.165) is 27.0 Å². The van der Waals surface area contributed by atoms with E-state index in [2.05, 4.69) is 10.1 Å². The number of aryl methyl sites for hydroxylation is 1. The average Bonchev–Trinajstić information content (AvgIpc) is 2.87. The van der Waals surface area contributed by atoms with Crippen molar-refractivity contribution in [3.63, 3.8) is 0 Å². The Morgan fingerprint density at radius 2 is 2.06 bits per heavy atom. The van der Waals surface area contributed by atoms with Gasteiger partial charge in [0.2, 0.25) is 4.96 Å². The summed E-state index contributed by atoms with van der Waals surface area (Å²) >= 11 is 1.59. The highest BCUT2D eigenvalue weighted by Gasteiger charge is 2.07. The van der Waals surface area contributed by atoms with Gasteiger partial charge in [0.1, 0.15) is 10.8 Å². The second-order valence-electron chi connectivity index (χ2n) is 3.93. The highest BCUT2D eigenvalue weighted by molar-refractivity contribution is 7.16. The third-order valence-electron chi connectivity index (χ3n) is 2.61. The molecule has 4 nitrogen and oxygen atoms in total. The smallest absolute Gasteiger partial charge is 0.212 e. The minimum Gasteiger partial charge on any atom is -0.494 e. The number of imidazole rings is 1. The van der Waals surface area contributed by atoms with Gasteiger partial charge in [0.15, 0.2) is 0 Å². The van der Waals surface area contributed by atoms with Crippen molar-refractivity contribution in [1.82, 2.24) is 14.6 Å². The molecule has 3 aromatic rings. The van der Waals surface area contributed by atoms with Crippen LogP contribution in [0.3, 0.4) is 0 Å². The first-order valence-electron chi connectivity index (χ1n) is 5.82. The number of fused-ring (bicyclic) bond motifs is 1. The van der Waals surface area contributed by atoms with Gasteiger partial charge < -0.3 is 4.74 Å². The van der Waals surface area contributed by atoms with Gasteiger partial charge in [-0.3, -0.25) is 0 Å². The summed E-state index contributed by atoms with van der Waals surface area (Å²) in [6.07, 6.45) is 1.95. The van der Waals surface area contributed by atoms with E-state index in [1.165, 1.54) is 0 Å². The van der Waals surface area contributed by atoms with Crippen molar-refractivity contribution < 1.29 is 4.74 Å². The second kappa shape index (κ2) is 4.42. The Kier molecular flexibility index (Phi) is 2.76. The lowest BCUT2D eigenvalue weighted by molar-refractivity contribution is 0.340. The van der Waals surface area contributed by atoms with Crippen molar-refractivity contribution in [2.75, 3.05) is 6.61 Å². The van der Waals surface area contributed by atoms with E-state index in [4.69, 9.17) is 4.74 Å². The Hall–Kier alpha value is -1.88. The molecular weight excluding hydrogens is 246 g/mol. The quantitative estimate of drug-likeness (QED) is 0.725. The van der Waals surface area contributed by atoms with Gasteiger partial charge >= 0.3 is 0 Å². The van der Waals surface area contributed by atoms with E-state index < -0.39 is 0 Å². The number of nitrogens with zero attached hydrogens (tertiary/aromatic N) is 3. The highest BCUT2D eigenvalue weighted by Crippen LogP contribution is 2.23. The maximum atomic E-state index is 5.42. The van der Waals surface area contributed by atoms with Crippen molar-refractivity contribution in [2.24, 2.45) is 0 Å². The molecule has 18 heavy (non-hydrogen) atoms. The van der Waals surface area contributed by atoms with Crippen LogP contribution >= 0.6 is 11.3 Å². The molecule has 0 aliphatic heterocycles. The molecule has 0 N–H and O–H groups in total. The topological polar surface area (TPSA) is 39.4 Å². The van der Waals surface area contributed by atoms with E-state index in [-0.39, 0.29) is 0 Å². The minimum absolute atomic E-state index is 0.683. The molecule has 0 aliphatic rings. The predicted molar refractivity (Wildman–Crippen MR) is 72.2 cm³/mol. The van der Waals surface area contributed by atoms with Gasteiger partial charge in [0.25, 0.3) is 0 Å². The standard InChI is InChI=1S/C13H13N3OS/c1-3-17-11-6-4-10(5-7-11)12-8-16-13(14-12)18-9(2)15-16/h4-8H,3H2,1-2H3. The lowest BCUT2D eigenvalue weighted by atomic mass is 10.2. The number of rotatable bonds is 3. The number of ether oxygens (including phenoxy) is 1. The number of hydrogen-bond donors (Lipinski definition) is 0. The van der Waals surface area contributed by atoms with Gasteiger partial charge in [-0.1, -0.05) is 11.3 Å². The van der Waals surface area contributed by atoms with Crippen molar-refractivity contribution in [1.29, 1.82) is 0 Å². The van der Waals surface area contributed by atoms with Crippen LogP contribution in [0.4, 0.5) is 0 Å². The summed E-state index contributed by atoms with van der Waals surface area (Å²) in [5.74, 6) is 0.885. The SMILES string of the molecule is CCOc1ccc(-c2cn3nc(C)sc3n2)cc1. The van der Waals surface area contributed by atoms with Gasteiger partial charge in [0.05, 0.1) is 18.5 Å². The maximum absolute atomic E-state index is 5.42. The molecule has 0 fully saturated rings. The molecular formula is C13H13N3OS. The van der Waals surface area contributed by atoms with Gasteiger partial charge in [-0.2, -0.15) is 5.10 Å². The van der Waals surface area contributed by atoms with Crippen LogP contribution in [0.1, 0.15) is 11.9 Å². The molecule has 2 heterocycles. The van der Waals surface area contributed by atoms with E-state index in [0.29, 0.717) is 6.61 Å². The van der Waals surface area contributed by atoms with Gasteiger partial charge in [-0.15, -0.1) is 0 Å². The van der Waals surface area contributed by atoms with Gasteiger partial charge in [-0.05, 0) is 38.1 Å². The molecule has 0 saturated carbocycles. The summed E-state index contributed by atoms with van der Waals surface area (Å²) in [7, 11) is 0. The largest absolute Gasteiger partial charge is 0.494 e. The zero-order chi connectivity index (χ0) is 12.5. The van der Waals surface area contributed by atoms with Gasteiger partial charge in [-0.25, -0.2) is 9.50 Å². The fourth-order valence-electron chi connectivity index (χ4n) is 1.83. The Morgan fingerprint density at radius 1 is 1.28 bits per heavy atom. The third kappa shape index (κ3) is 1.97. The number of hydrogen-bond acceptors (Lipinski definition) is 4. The molecule has 0 amide bonds. The Labute approximate surface area is 109 Å². The van der Waals surface area contributed by atoms with Crippen LogP contribution in [0.5, 0.6) is 5.75 Å². The third-order valence-corrected chi connectivity index (χ3v) is 3.44. The van der Waals surface area contributed by atoms with Crippen LogP contribution in [0.2, 0.25) is 0 Å². The molecule has 0 aliphatic carbocycles. The summed E-state index contributed by atoms with van der Waals surface area (Å²) in [5.41, 5.74) is 2.02. The van der Waals surface area contributed by atoms with Gasteiger partial charge in [0, 0.05) is 5.56 Å². The predicted octanol–water partition coefficient (Wildman–Crippen LogP) is 3.16. The summed E-state index contributed by atoms with van der Waals surface area (Å²) in [6.45, 7) is 4.64. The molecule has 1 aromatic carbocycles. The Balaban J connectivity index is 1.95. The molecule has 3 rings (SSSR count). The Morgan fingerprint density at radius 3 is 2.72 bits per heavy atom. The van der Waals surface area contributed by atoms with E-state index in [1.807, 2.05) is 48.8 Å². The summed E-state index contributed by atoms with van der Waals surface area (Å²) in [5, 5.41) is 5.38. The fraction of sp³-hybridized carbons (Fsp3) is 0.231. The molecule has 2 aromatic heterocycles. The maximum Gasteiger partial charge on any atom is 0.212 e. The fourth-order valence-corrected chi connectivity index (χ4v) is 2.55. The van der Waals surface area contributed by atoms with Crippen molar-refractivity contribution >= 4 is 16.3 Å². The zero-order valence-corrected chi connectivity index (χ0v) is 11.1. The van der Waals surface area contributed by atoms with Crippen LogP contribution in [-0.2, 0) is 0 Å². The number of aromatic nitrogens is 3. The first-order valence-corrected chi connectivity index (χ1v) is 6.64. The lowest BCUT2D eigenvalue weighted by Crippen LogP contribution is -1.90. The molecule has 0 spiro atoms. The molecule has 0 atom stereocenters. The number of benzene rings is 1. The van der Waals surface area contributed by atoms with Crippen LogP contribution in [0.15, 0.2) is 30.5 Å². The first-order chi connectivity index (χ1) is 8.76. The monoisotopic (exact) mass is 259 g/mol. The van der Waals surface area contributed by atoms with Crippen molar-refractivity contribution in [3.8, 4) is 17.0 Å². The van der Waals surface area contributed by atoms with Crippen molar-refractivity contribution in [2.45, 2.75) is 13.8 Å². The Bertz CT molecular complexity index is 638. The van der Waals surface area contributed by atoms with Crippen LogP contribution < -0.4 is 4.74 Å². The summed E-state index contributed by atoms with van der Waals surface area (Å²) < 4.78 is 7.25. The zero-order valence-electron chi connectivity index (χ0n) is 10.3. The summed E-state index contributed by atoms with van der Waals surface area (Å²) in [6, 6.07) is 7.96. The molecule has 92 valence electrons. The molecule has 0 unspecified atom stereocenters. The lowest BCUT2D eigenvalue weighted by Gasteiger charge is -2.02. The van der Waals surface area contributed by atoms with Crippen molar-refractivity contribution in [3.05, 3.63) is 35.5 Å². The van der Waals surface area contributed by atoms with E-state index >= 15 is 0 Å². The second-order valence-corrected chi connectivity index (χ2v) is 5.09. The minimum atomic E-state index is 0.683. The van der Waals surface area contributed by atoms with Crippen LogP contribution in [-0.4, -0.2) is 21.2 Å². The van der Waals surface area contributed by atoms with E-state index in [1.54, 1.807) is 11.3 Å². The normalized spacial score (nSPS) is 11.0. The molecule has 5 heteroatoms.